The van der Waals surface area contributed by atoms with E-state index in [1.54, 1.807) is 11.0 Å². The number of alkyl halides is 2. The predicted octanol–water partition coefficient (Wildman–Crippen LogP) is 1.24. The highest BCUT2D eigenvalue weighted by Gasteiger charge is 2.30. The summed E-state index contributed by atoms with van der Waals surface area (Å²) < 4.78 is 31.1. The number of carbonyl (C=O) groups is 1. The molecule has 7 nitrogen and oxygen atoms in total. The first kappa shape index (κ1) is 14.4. The second-order valence-electron chi connectivity index (χ2n) is 4.98. The summed E-state index contributed by atoms with van der Waals surface area (Å²) in [7, 11) is 0. The maximum atomic E-state index is 12.4. The minimum Gasteiger partial charge on any atom is -0.415 e. The summed E-state index contributed by atoms with van der Waals surface area (Å²) in [5.74, 6) is -0.944. The van der Waals surface area contributed by atoms with Gasteiger partial charge in [-0.1, -0.05) is 0 Å². The number of halogens is 2. The predicted molar refractivity (Wildman–Crippen MR) is 70.2 cm³/mol. The molecule has 0 bridgehead atoms. The van der Waals surface area contributed by atoms with Gasteiger partial charge in [-0.3, -0.25) is 9.59 Å². The van der Waals surface area contributed by atoms with Gasteiger partial charge in [-0.05, 0) is 6.07 Å². The van der Waals surface area contributed by atoms with E-state index >= 15 is 0 Å². The van der Waals surface area contributed by atoms with Gasteiger partial charge in [0.05, 0.1) is 6.04 Å². The molecular weight excluding hydrogens is 298 g/mol. The Morgan fingerprint density at radius 3 is 2.68 bits per heavy atom. The average molecular weight is 310 g/mol. The Morgan fingerprint density at radius 2 is 2.14 bits per heavy atom. The van der Waals surface area contributed by atoms with Crippen molar-refractivity contribution in [3.63, 3.8) is 0 Å². The van der Waals surface area contributed by atoms with Crippen molar-refractivity contribution in [2.75, 3.05) is 13.1 Å². The summed E-state index contributed by atoms with van der Waals surface area (Å²) in [5, 5.41) is 6.71. The highest BCUT2D eigenvalue weighted by Crippen LogP contribution is 2.23. The van der Waals surface area contributed by atoms with Crippen LogP contribution in [0.4, 0.5) is 8.78 Å². The van der Waals surface area contributed by atoms with Crippen molar-refractivity contribution in [3.05, 3.63) is 34.6 Å². The van der Waals surface area contributed by atoms with Crippen LogP contribution in [0.5, 0.6) is 0 Å². The fourth-order valence-electron chi connectivity index (χ4n) is 2.25. The Morgan fingerprint density at radius 1 is 1.41 bits per heavy atom. The molecular formula is C13H12F2N4O3. The van der Waals surface area contributed by atoms with E-state index in [2.05, 4.69) is 10.2 Å². The second kappa shape index (κ2) is 5.32. The van der Waals surface area contributed by atoms with Gasteiger partial charge in [0, 0.05) is 37.8 Å². The number of pyridine rings is 1. The molecule has 9 heteroatoms. The molecule has 0 unspecified atom stereocenters. The first-order valence-electron chi connectivity index (χ1n) is 6.55. The molecule has 1 fully saturated rings. The van der Waals surface area contributed by atoms with Crippen molar-refractivity contribution < 1.29 is 18.0 Å². The summed E-state index contributed by atoms with van der Waals surface area (Å²) in [6.07, 6.45) is -1.32. The van der Waals surface area contributed by atoms with Gasteiger partial charge in [0.2, 0.25) is 11.8 Å². The van der Waals surface area contributed by atoms with Gasteiger partial charge < -0.3 is 13.9 Å². The zero-order valence-electron chi connectivity index (χ0n) is 11.6. The molecule has 0 radical (unpaired) electrons. The van der Waals surface area contributed by atoms with Gasteiger partial charge in [0.1, 0.15) is 0 Å². The number of rotatable bonds is 3. The van der Waals surface area contributed by atoms with E-state index in [9.17, 15) is 18.4 Å². The van der Waals surface area contributed by atoms with Crippen LogP contribution in [0.1, 0.15) is 25.3 Å². The van der Waals surface area contributed by atoms with Gasteiger partial charge in [-0.25, -0.2) is 0 Å². The molecule has 22 heavy (non-hydrogen) atoms. The summed E-state index contributed by atoms with van der Waals surface area (Å²) in [6.45, 7) is 2.42. The molecule has 0 N–H and O–H groups in total. The van der Waals surface area contributed by atoms with E-state index in [1.807, 2.05) is 0 Å². The molecule has 3 heterocycles. The van der Waals surface area contributed by atoms with Gasteiger partial charge >= 0.3 is 6.43 Å². The molecule has 2 aromatic heterocycles. The largest absolute Gasteiger partial charge is 0.415 e. The SMILES string of the molecule is CC(=O)N1CC(n2ccc(-c3nnc(C(F)F)o3)cc2=O)C1. The van der Waals surface area contributed by atoms with Crippen molar-refractivity contribution in [2.45, 2.75) is 19.4 Å². The molecule has 116 valence electrons. The van der Waals surface area contributed by atoms with Crippen LogP contribution in [0, 0.1) is 0 Å². The fraction of sp³-hybridized carbons (Fsp3) is 0.385. The maximum absolute atomic E-state index is 12.4. The Kier molecular flexibility index (Phi) is 3.47. The third-order valence-electron chi connectivity index (χ3n) is 3.52. The zero-order valence-corrected chi connectivity index (χ0v) is 11.6. The standard InChI is InChI=1S/C13H12F2N4O3/c1-7(20)18-5-9(6-18)19-3-2-8(4-10(19)21)12-16-17-13(22-12)11(14)15/h2-4,9,11H,5-6H2,1H3. The number of likely N-dealkylation sites (tertiary alicyclic amines) is 1. The second-order valence-corrected chi connectivity index (χ2v) is 4.98. The lowest BCUT2D eigenvalue weighted by atomic mass is 10.1. The van der Waals surface area contributed by atoms with Crippen molar-refractivity contribution in [3.8, 4) is 11.5 Å². The van der Waals surface area contributed by atoms with Crippen LogP contribution in [0.15, 0.2) is 27.5 Å². The van der Waals surface area contributed by atoms with E-state index in [0.717, 1.165) is 0 Å². The van der Waals surface area contributed by atoms with Gasteiger partial charge in [-0.15, -0.1) is 10.2 Å². The first-order valence-corrected chi connectivity index (χ1v) is 6.55. The Hall–Kier alpha value is -2.58. The summed E-state index contributed by atoms with van der Waals surface area (Å²) in [4.78, 5) is 24.8. The number of carbonyl (C=O) groups excluding carboxylic acids is 1. The maximum Gasteiger partial charge on any atom is 0.314 e. The molecule has 0 saturated carbocycles. The summed E-state index contributed by atoms with van der Waals surface area (Å²) >= 11 is 0. The van der Waals surface area contributed by atoms with Gasteiger partial charge in [0.15, 0.2) is 0 Å². The van der Waals surface area contributed by atoms with Gasteiger partial charge in [0.25, 0.3) is 11.4 Å². The Labute approximate surface area is 123 Å². The molecule has 1 aliphatic heterocycles. The lowest BCUT2D eigenvalue weighted by Crippen LogP contribution is -2.51. The minimum absolute atomic E-state index is 0.0358. The van der Waals surface area contributed by atoms with Crippen molar-refractivity contribution in [1.29, 1.82) is 0 Å². The molecule has 0 aromatic carbocycles. The number of nitrogens with zero attached hydrogens (tertiary/aromatic N) is 4. The summed E-state index contributed by atoms with van der Waals surface area (Å²) in [6, 6.07) is 2.71. The van der Waals surface area contributed by atoms with E-state index in [4.69, 9.17) is 4.42 Å². The monoisotopic (exact) mass is 310 g/mol. The van der Waals surface area contributed by atoms with E-state index in [1.165, 1.54) is 23.8 Å². The smallest absolute Gasteiger partial charge is 0.314 e. The molecule has 3 rings (SSSR count). The molecule has 1 saturated heterocycles. The molecule has 0 spiro atoms. The van der Waals surface area contributed by atoms with Crippen LogP contribution >= 0.6 is 0 Å². The quantitative estimate of drug-likeness (QED) is 0.852. The van der Waals surface area contributed by atoms with Crippen LogP contribution in [-0.4, -0.2) is 38.7 Å². The lowest BCUT2D eigenvalue weighted by molar-refractivity contribution is -0.134. The fourth-order valence-corrected chi connectivity index (χ4v) is 2.25. The third-order valence-corrected chi connectivity index (χ3v) is 3.52. The number of hydrogen-bond donors (Lipinski definition) is 0. The van der Waals surface area contributed by atoms with Crippen molar-refractivity contribution in [1.82, 2.24) is 19.7 Å². The molecule has 0 aliphatic carbocycles. The van der Waals surface area contributed by atoms with Crippen molar-refractivity contribution >= 4 is 5.91 Å². The minimum atomic E-state index is -2.85. The lowest BCUT2D eigenvalue weighted by Gasteiger charge is -2.39. The number of hydrogen-bond acceptors (Lipinski definition) is 5. The summed E-state index contributed by atoms with van der Waals surface area (Å²) in [5.41, 5.74) is -0.0362. The Bertz CT molecular complexity index is 765. The average Bonchev–Trinajstić information content (AvgIpc) is 2.88. The molecule has 0 atom stereocenters. The Balaban J connectivity index is 1.80. The zero-order chi connectivity index (χ0) is 15.9. The molecule has 1 amide bonds. The normalized spacial score (nSPS) is 15.2. The number of amides is 1. The first-order chi connectivity index (χ1) is 10.5. The van der Waals surface area contributed by atoms with Gasteiger partial charge in [-0.2, -0.15) is 8.78 Å². The van der Waals surface area contributed by atoms with E-state index in [-0.39, 0.29) is 29.0 Å². The van der Waals surface area contributed by atoms with E-state index < -0.39 is 12.3 Å². The van der Waals surface area contributed by atoms with Crippen LogP contribution in [-0.2, 0) is 4.79 Å². The molecule has 2 aromatic rings. The van der Waals surface area contributed by atoms with E-state index in [0.29, 0.717) is 13.1 Å². The molecule has 1 aliphatic rings. The topological polar surface area (TPSA) is 81.2 Å². The van der Waals surface area contributed by atoms with Crippen LogP contribution in [0.25, 0.3) is 11.5 Å². The van der Waals surface area contributed by atoms with Crippen LogP contribution < -0.4 is 5.56 Å². The highest BCUT2D eigenvalue weighted by atomic mass is 19.3. The van der Waals surface area contributed by atoms with Crippen LogP contribution in [0.2, 0.25) is 0 Å². The third kappa shape index (κ3) is 2.49. The van der Waals surface area contributed by atoms with Crippen molar-refractivity contribution in [2.24, 2.45) is 0 Å². The highest BCUT2D eigenvalue weighted by molar-refractivity contribution is 5.74. The number of aromatic nitrogens is 3. The van der Waals surface area contributed by atoms with Crippen LogP contribution in [0.3, 0.4) is 0 Å².